The molecule has 1 aliphatic carbocycles. The number of hydrogen-bond donors (Lipinski definition) is 1. The first-order valence-corrected chi connectivity index (χ1v) is 9.42. The SMILES string of the molecule is CCCC1CCC(c2nc(C)c(CNC(C)(C)C)s2)CC1. The van der Waals surface area contributed by atoms with Crippen molar-refractivity contribution in [3.63, 3.8) is 0 Å². The second kappa shape index (κ2) is 7.23. The van der Waals surface area contributed by atoms with E-state index in [4.69, 9.17) is 4.98 Å². The van der Waals surface area contributed by atoms with Crippen molar-refractivity contribution in [2.24, 2.45) is 5.92 Å². The number of aryl methyl sites for hydroxylation is 1. The fraction of sp³-hybridized carbons (Fsp3) is 0.833. The van der Waals surface area contributed by atoms with Crippen molar-refractivity contribution in [2.45, 2.75) is 91.1 Å². The molecule has 1 aromatic heterocycles. The second-order valence-electron chi connectivity index (χ2n) is 7.67. The highest BCUT2D eigenvalue weighted by Crippen LogP contribution is 2.39. The lowest BCUT2D eigenvalue weighted by atomic mass is 9.80. The maximum absolute atomic E-state index is 4.88. The molecule has 1 N–H and O–H groups in total. The lowest BCUT2D eigenvalue weighted by Crippen LogP contribution is -2.34. The summed E-state index contributed by atoms with van der Waals surface area (Å²) >= 11 is 1.95. The van der Waals surface area contributed by atoms with Gasteiger partial charge in [0.2, 0.25) is 0 Å². The third-order valence-electron chi connectivity index (χ3n) is 4.58. The fourth-order valence-corrected chi connectivity index (χ4v) is 4.42. The van der Waals surface area contributed by atoms with Crippen LogP contribution in [0, 0.1) is 12.8 Å². The van der Waals surface area contributed by atoms with E-state index in [2.05, 4.69) is 39.9 Å². The molecule has 0 amide bonds. The van der Waals surface area contributed by atoms with Gasteiger partial charge in [-0.05, 0) is 59.3 Å². The Balaban J connectivity index is 1.93. The average molecular weight is 309 g/mol. The molecular weight excluding hydrogens is 276 g/mol. The molecule has 0 unspecified atom stereocenters. The summed E-state index contributed by atoms with van der Waals surface area (Å²) in [6, 6.07) is 0. The number of rotatable bonds is 5. The fourth-order valence-electron chi connectivity index (χ4n) is 3.24. The summed E-state index contributed by atoms with van der Waals surface area (Å²) in [6.45, 7) is 12.1. The minimum atomic E-state index is 0.175. The van der Waals surface area contributed by atoms with Crippen molar-refractivity contribution in [3.05, 3.63) is 15.6 Å². The summed E-state index contributed by atoms with van der Waals surface area (Å²) in [7, 11) is 0. The molecular formula is C18H32N2S. The van der Waals surface area contributed by atoms with Gasteiger partial charge in [-0.3, -0.25) is 0 Å². The third kappa shape index (κ3) is 5.07. The Labute approximate surface area is 134 Å². The van der Waals surface area contributed by atoms with E-state index in [1.54, 1.807) is 0 Å². The van der Waals surface area contributed by atoms with Crippen LogP contribution in [0.2, 0.25) is 0 Å². The lowest BCUT2D eigenvalue weighted by molar-refractivity contribution is 0.308. The maximum Gasteiger partial charge on any atom is 0.0962 e. The van der Waals surface area contributed by atoms with E-state index in [0.717, 1.165) is 18.4 Å². The van der Waals surface area contributed by atoms with Gasteiger partial charge in [0.05, 0.1) is 10.7 Å². The monoisotopic (exact) mass is 308 g/mol. The minimum absolute atomic E-state index is 0.175. The predicted molar refractivity (Wildman–Crippen MR) is 93.1 cm³/mol. The third-order valence-corrected chi connectivity index (χ3v) is 5.90. The van der Waals surface area contributed by atoms with E-state index < -0.39 is 0 Å². The van der Waals surface area contributed by atoms with Crippen molar-refractivity contribution in [3.8, 4) is 0 Å². The zero-order chi connectivity index (χ0) is 15.5. The zero-order valence-electron chi connectivity index (χ0n) is 14.5. The van der Waals surface area contributed by atoms with Crippen molar-refractivity contribution in [1.29, 1.82) is 0 Å². The van der Waals surface area contributed by atoms with Crippen LogP contribution < -0.4 is 5.32 Å². The van der Waals surface area contributed by atoms with E-state index in [1.807, 2.05) is 11.3 Å². The van der Waals surface area contributed by atoms with E-state index in [1.165, 1.54) is 54.1 Å². The van der Waals surface area contributed by atoms with Gasteiger partial charge >= 0.3 is 0 Å². The van der Waals surface area contributed by atoms with Gasteiger partial charge in [-0.25, -0.2) is 4.98 Å². The zero-order valence-corrected chi connectivity index (χ0v) is 15.3. The summed E-state index contributed by atoms with van der Waals surface area (Å²) in [5.74, 6) is 1.71. The molecule has 1 heterocycles. The maximum atomic E-state index is 4.88. The van der Waals surface area contributed by atoms with Gasteiger partial charge in [0.25, 0.3) is 0 Å². The standard InChI is InChI=1S/C18H32N2S/c1-6-7-14-8-10-15(11-9-14)17-20-13(2)16(21-17)12-19-18(3,4)5/h14-15,19H,6-12H2,1-5H3. The van der Waals surface area contributed by atoms with Crippen LogP contribution in [0.15, 0.2) is 0 Å². The van der Waals surface area contributed by atoms with Crippen molar-refractivity contribution >= 4 is 11.3 Å². The van der Waals surface area contributed by atoms with Crippen LogP contribution in [0.25, 0.3) is 0 Å². The Morgan fingerprint density at radius 3 is 2.43 bits per heavy atom. The summed E-state index contributed by atoms with van der Waals surface area (Å²) in [6.07, 6.45) is 8.28. The number of nitrogens with one attached hydrogen (secondary N) is 1. The van der Waals surface area contributed by atoms with Gasteiger partial charge in [-0.15, -0.1) is 11.3 Å². The smallest absolute Gasteiger partial charge is 0.0962 e. The Bertz CT molecular complexity index is 437. The van der Waals surface area contributed by atoms with E-state index in [9.17, 15) is 0 Å². The minimum Gasteiger partial charge on any atom is -0.307 e. The molecule has 1 aliphatic rings. The molecule has 1 aromatic rings. The molecule has 2 rings (SSSR count). The van der Waals surface area contributed by atoms with Gasteiger partial charge in [0.1, 0.15) is 0 Å². The molecule has 1 saturated carbocycles. The molecule has 1 fully saturated rings. The molecule has 2 nitrogen and oxygen atoms in total. The summed E-state index contributed by atoms with van der Waals surface area (Å²) in [5.41, 5.74) is 1.41. The molecule has 0 atom stereocenters. The second-order valence-corrected chi connectivity index (χ2v) is 8.79. The molecule has 3 heteroatoms. The topological polar surface area (TPSA) is 24.9 Å². The van der Waals surface area contributed by atoms with Crippen LogP contribution >= 0.6 is 11.3 Å². The largest absolute Gasteiger partial charge is 0.307 e. The quantitative estimate of drug-likeness (QED) is 0.786. The molecule has 0 spiro atoms. The molecule has 0 aliphatic heterocycles. The van der Waals surface area contributed by atoms with Crippen LogP contribution in [0.4, 0.5) is 0 Å². The van der Waals surface area contributed by atoms with E-state index >= 15 is 0 Å². The van der Waals surface area contributed by atoms with E-state index in [-0.39, 0.29) is 5.54 Å². The van der Waals surface area contributed by atoms with Crippen LogP contribution in [-0.2, 0) is 6.54 Å². The molecule has 21 heavy (non-hydrogen) atoms. The highest BCUT2D eigenvalue weighted by Gasteiger charge is 2.25. The Kier molecular flexibility index (Phi) is 5.84. The number of thiazole rings is 1. The van der Waals surface area contributed by atoms with Gasteiger partial charge in [-0.1, -0.05) is 19.8 Å². The number of hydrogen-bond acceptors (Lipinski definition) is 3. The van der Waals surface area contributed by atoms with Crippen LogP contribution in [-0.4, -0.2) is 10.5 Å². The van der Waals surface area contributed by atoms with Gasteiger partial charge in [-0.2, -0.15) is 0 Å². The van der Waals surface area contributed by atoms with Crippen LogP contribution in [0.1, 0.15) is 87.7 Å². The molecule has 0 aromatic carbocycles. The summed E-state index contributed by atoms with van der Waals surface area (Å²) < 4.78 is 0. The average Bonchev–Trinajstić information content (AvgIpc) is 2.78. The molecule has 0 radical (unpaired) electrons. The predicted octanol–water partition coefficient (Wildman–Crippen LogP) is 5.41. The highest BCUT2D eigenvalue weighted by atomic mass is 32.1. The van der Waals surface area contributed by atoms with Crippen molar-refractivity contribution < 1.29 is 0 Å². The van der Waals surface area contributed by atoms with Crippen molar-refractivity contribution in [2.75, 3.05) is 0 Å². The number of aromatic nitrogens is 1. The Morgan fingerprint density at radius 2 is 1.86 bits per heavy atom. The van der Waals surface area contributed by atoms with Crippen molar-refractivity contribution in [1.82, 2.24) is 10.3 Å². The summed E-state index contributed by atoms with van der Waals surface area (Å²) in [5, 5.41) is 4.99. The van der Waals surface area contributed by atoms with Gasteiger partial charge < -0.3 is 5.32 Å². The Hall–Kier alpha value is -0.410. The first-order chi connectivity index (χ1) is 9.89. The van der Waals surface area contributed by atoms with E-state index in [0.29, 0.717) is 0 Å². The normalized spacial score (nSPS) is 23.5. The van der Waals surface area contributed by atoms with Crippen LogP contribution in [0.3, 0.4) is 0 Å². The first-order valence-electron chi connectivity index (χ1n) is 8.60. The highest BCUT2D eigenvalue weighted by molar-refractivity contribution is 7.11. The van der Waals surface area contributed by atoms with Crippen LogP contribution in [0.5, 0.6) is 0 Å². The number of nitrogens with zero attached hydrogens (tertiary/aromatic N) is 1. The molecule has 0 bridgehead atoms. The lowest BCUT2D eigenvalue weighted by Gasteiger charge is -2.27. The molecule has 0 saturated heterocycles. The van der Waals surface area contributed by atoms with Gasteiger partial charge in [0, 0.05) is 22.9 Å². The first kappa shape index (κ1) is 17.0. The summed E-state index contributed by atoms with van der Waals surface area (Å²) in [4.78, 5) is 6.31. The molecule has 120 valence electrons. The van der Waals surface area contributed by atoms with Gasteiger partial charge in [0.15, 0.2) is 0 Å². The Morgan fingerprint density at radius 1 is 1.19 bits per heavy atom.